The van der Waals surface area contributed by atoms with Crippen LogP contribution < -0.4 is 5.01 Å². The third-order valence-corrected chi connectivity index (χ3v) is 3.83. The van der Waals surface area contributed by atoms with Gasteiger partial charge in [0.2, 0.25) is 0 Å². The Morgan fingerprint density at radius 3 is 1.65 bits per heavy atom. The molecule has 0 amide bonds. The first-order chi connectivity index (χ1) is 8.19. The molecule has 0 spiro atoms. The molecule has 0 atom stereocenters. The highest BCUT2D eigenvalue weighted by molar-refractivity contribution is 4.76. The Balaban J connectivity index is 4.82. The number of rotatable bonds is 10. The molecule has 17 heavy (non-hydrogen) atoms. The molecule has 0 aliphatic carbocycles. The van der Waals surface area contributed by atoms with Crippen LogP contribution in [0.1, 0.15) is 73.6 Å². The molecule has 2 nitrogen and oxygen atoms in total. The van der Waals surface area contributed by atoms with Crippen molar-refractivity contribution in [2.24, 2.45) is 0 Å². The first-order valence-corrected chi connectivity index (χ1v) is 7.72. The average Bonchev–Trinajstić information content (AvgIpc) is 2.36. The molecule has 0 aliphatic heterocycles. The molecule has 0 N–H and O–H groups in total. The fourth-order valence-electron chi connectivity index (χ4n) is 2.82. The highest BCUT2D eigenvalue weighted by atomic mass is 15.6. The summed E-state index contributed by atoms with van der Waals surface area (Å²) in [5, 5.41) is 5.28. The lowest BCUT2D eigenvalue weighted by Gasteiger charge is -2.33. The topological polar surface area (TPSA) is 9.14 Å². The monoisotopic (exact) mass is 242 g/mol. The van der Waals surface area contributed by atoms with E-state index in [-0.39, 0.29) is 0 Å². The van der Waals surface area contributed by atoms with Crippen LogP contribution in [0.15, 0.2) is 0 Å². The first-order valence-electron chi connectivity index (χ1n) is 7.72. The SMILES string of the molecule is CCCN(C(CC)CC)[N+](CC)C(CC)CC. The normalized spacial score (nSPS) is 12.4. The highest BCUT2D eigenvalue weighted by Crippen LogP contribution is 2.16. The minimum atomic E-state index is 0.715. The van der Waals surface area contributed by atoms with Crippen LogP contribution in [0.3, 0.4) is 0 Å². The Labute approximate surface area is 109 Å². The second-order valence-corrected chi connectivity index (χ2v) is 4.86. The number of hydrogen-bond acceptors (Lipinski definition) is 2. The van der Waals surface area contributed by atoms with Gasteiger partial charge in [0.05, 0.1) is 12.6 Å². The molecule has 103 valence electrons. The third-order valence-electron chi connectivity index (χ3n) is 3.83. The van der Waals surface area contributed by atoms with E-state index in [1.165, 1.54) is 38.6 Å². The van der Waals surface area contributed by atoms with Crippen molar-refractivity contribution in [3.63, 3.8) is 0 Å². The van der Waals surface area contributed by atoms with E-state index in [1.54, 1.807) is 0 Å². The van der Waals surface area contributed by atoms with Crippen LogP contribution in [0.25, 0.3) is 0 Å². The average molecular weight is 242 g/mol. The van der Waals surface area contributed by atoms with Gasteiger partial charge in [-0.15, -0.1) is 5.01 Å². The molecular formula is C15H34N2+. The zero-order chi connectivity index (χ0) is 13.3. The molecule has 0 aromatic carbocycles. The summed E-state index contributed by atoms with van der Waals surface area (Å²) >= 11 is 0. The number of hydrazine groups is 1. The quantitative estimate of drug-likeness (QED) is 0.413. The Morgan fingerprint density at radius 1 is 0.824 bits per heavy atom. The Kier molecular flexibility index (Phi) is 9.85. The van der Waals surface area contributed by atoms with Crippen molar-refractivity contribution in [2.45, 2.75) is 85.7 Å². The molecule has 0 bridgehead atoms. The fraction of sp³-hybridized carbons (Fsp3) is 1.00. The Bertz CT molecular complexity index is 162. The van der Waals surface area contributed by atoms with Crippen molar-refractivity contribution < 1.29 is 0 Å². The van der Waals surface area contributed by atoms with E-state index in [0.29, 0.717) is 6.04 Å². The van der Waals surface area contributed by atoms with E-state index in [4.69, 9.17) is 0 Å². The summed E-state index contributed by atoms with van der Waals surface area (Å²) in [6.45, 7) is 16.2. The van der Waals surface area contributed by atoms with Gasteiger partial charge in [0.25, 0.3) is 0 Å². The molecular weight excluding hydrogens is 208 g/mol. The lowest BCUT2D eigenvalue weighted by molar-refractivity contribution is -0.00995. The standard InChI is InChI=1S/C15H34N2/c1-7-13-17(15(10-4)11-5)16(12-6)14(8-2)9-3/h14-15H,7-13H2,1-6H3/q+1. The van der Waals surface area contributed by atoms with Gasteiger partial charge in [-0.25, -0.2) is 0 Å². The van der Waals surface area contributed by atoms with Gasteiger partial charge in [-0.05, 0) is 26.2 Å². The van der Waals surface area contributed by atoms with Gasteiger partial charge in [-0.2, -0.15) is 0 Å². The smallest absolute Gasteiger partial charge is 0.103 e. The van der Waals surface area contributed by atoms with Gasteiger partial charge < -0.3 is 0 Å². The fourth-order valence-corrected chi connectivity index (χ4v) is 2.82. The van der Waals surface area contributed by atoms with Crippen LogP contribution in [0, 0.1) is 0 Å². The summed E-state index contributed by atoms with van der Waals surface area (Å²) in [6, 6.07) is 1.43. The molecule has 0 unspecified atom stereocenters. The van der Waals surface area contributed by atoms with E-state index >= 15 is 0 Å². The van der Waals surface area contributed by atoms with Crippen LogP contribution >= 0.6 is 0 Å². The molecule has 0 fully saturated rings. The second kappa shape index (κ2) is 9.90. The maximum Gasteiger partial charge on any atom is 0.154 e. The summed E-state index contributed by atoms with van der Waals surface area (Å²) in [6.07, 6.45) is 6.27. The Hall–Kier alpha value is -0.0800. The maximum atomic E-state index is 2.65. The molecule has 0 saturated carbocycles. The van der Waals surface area contributed by atoms with E-state index < -0.39 is 0 Å². The molecule has 2 heteroatoms. The molecule has 0 aliphatic rings. The van der Waals surface area contributed by atoms with Gasteiger partial charge in [-0.3, -0.25) is 0 Å². The molecule has 0 aromatic heterocycles. The summed E-state index contributed by atoms with van der Waals surface area (Å²) in [5.41, 5.74) is 0. The van der Waals surface area contributed by atoms with Crippen molar-refractivity contribution in [1.82, 2.24) is 10.0 Å². The van der Waals surface area contributed by atoms with Gasteiger partial charge in [0.1, 0.15) is 6.54 Å². The predicted molar refractivity (Wildman–Crippen MR) is 78.4 cm³/mol. The first kappa shape index (κ1) is 16.9. The van der Waals surface area contributed by atoms with E-state index in [2.05, 4.69) is 51.6 Å². The molecule has 1 radical (unpaired) electrons. The molecule has 0 rings (SSSR count). The lowest BCUT2D eigenvalue weighted by atomic mass is 10.1. The van der Waals surface area contributed by atoms with Gasteiger partial charge in [-0.1, -0.05) is 39.6 Å². The number of nitrogens with zero attached hydrogens (tertiary/aromatic N) is 2. The van der Waals surface area contributed by atoms with Crippen molar-refractivity contribution in [3.8, 4) is 0 Å². The van der Waals surface area contributed by atoms with Crippen LogP contribution in [0.2, 0.25) is 0 Å². The minimum absolute atomic E-state index is 0.715. The Morgan fingerprint density at radius 2 is 1.35 bits per heavy atom. The second-order valence-electron chi connectivity index (χ2n) is 4.86. The molecule has 0 saturated heterocycles. The van der Waals surface area contributed by atoms with Crippen LogP contribution in [-0.4, -0.2) is 30.2 Å². The largest absolute Gasteiger partial charge is 0.154 e. The molecule has 0 heterocycles. The van der Waals surface area contributed by atoms with Crippen LogP contribution in [-0.2, 0) is 0 Å². The lowest BCUT2D eigenvalue weighted by Crippen LogP contribution is -2.57. The van der Waals surface area contributed by atoms with E-state index in [1.807, 2.05) is 0 Å². The van der Waals surface area contributed by atoms with Crippen molar-refractivity contribution >= 4 is 0 Å². The maximum absolute atomic E-state index is 2.65. The summed E-state index contributed by atoms with van der Waals surface area (Å²) < 4.78 is 0. The van der Waals surface area contributed by atoms with E-state index in [0.717, 1.165) is 12.6 Å². The molecule has 0 aromatic rings. The highest BCUT2D eigenvalue weighted by Gasteiger charge is 2.34. The van der Waals surface area contributed by atoms with E-state index in [9.17, 15) is 0 Å². The van der Waals surface area contributed by atoms with Crippen LogP contribution in [0.4, 0.5) is 0 Å². The summed E-state index contributed by atoms with van der Waals surface area (Å²) in [5.74, 6) is 0. The van der Waals surface area contributed by atoms with Crippen molar-refractivity contribution in [1.29, 1.82) is 0 Å². The van der Waals surface area contributed by atoms with Crippen molar-refractivity contribution in [3.05, 3.63) is 0 Å². The van der Waals surface area contributed by atoms with Crippen molar-refractivity contribution in [2.75, 3.05) is 13.1 Å². The number of hydrogen-bond donors (Lipinski definition) is 0. The summed E-state index contributed by atoms with van der Waals surface area (Å²) in [4.78, 5) is 0. The third kappa shape index (κ3) is 4.97. The predicted octanol–water partition coefficient (Wildman–Crippen LogP) is 4.15. The minimum Gasteiger partial charge on any atom is -0.103 e. The van der Waals surface area contributed by atoms with Gasteiger partial charge in [0.15, 0.2) is 6.04 Å². The van der Waals surface area contributed by atoms with Crippen LogP contribution in [0.5, 0.6) is 0 Å². The summed E-state index contributed by atoms with van der Waals surface area (Å²) in [7, 11) is 0. The van der Waals surface area contributed by atoms with Gasteiger partial charge >= 0.3 is 0 Å². The zero-order valence-electron chi connectivity index (χ0n) is 13.0. The van der Waals surface area contributed by atoms with Gasteiger partial charge in [0, 0.05) is 12.8 Å². The zero-order valence-corrected chi connectivity index (χ0v) is 13.0.